The number of aromatic nitrogens is 1. The molecule has 1 aromatic heterocycles. The van der Waals surface area contributed by atoms with Crippen LogP contribution in [0.2, 0.25) is 0 Å². The largest absolute Gasteiger partial charge is 0.397 e. The van der Waals surface area contributed by atoms with Gasteiger partial charge in [0, 0.05) is 6.20 Å². The van der Waals surface area contributed by atoms with Crippen LogP contribution in [0.15, 0.2) is 41.4 Å². The number of nitriles is 1. The Balaban J connectivity index is 2.44. The third-order valence-electron chi connectivity index (χ3n) is 2.62. The maximum atomic E-state index is 12.3. The lowest BCUT2D eigenvalue weighted by Gasteiger charge is -2.11. The molecule has 0 atom stereocenters. The molecule has 0 aliphatic heterocycles. The Morgan fingerprint density at radius 1 is 1.35 bits per heavy atom. The molecule has 7 heteroatoms. The molecule has 0 spiro atoms. The van der Waals surface area contributed by atoms with E-state index in [1.807, 2.05) is 6.92 Å². The molecule has 0 amide bonds. The molecule has 0 aliphatic rings. The number of hydrogen-bond donors (Lipinski definition) is 2. The molecule has 0 bridgehead atoms. The van der Waals surface area contributed by atoms with Gasteiger partial charge in [-0.25, -0.2) is 13.4 Å². The summed E-state index contributed by atoms with van der Waals surface area (Å²) in [7, 11) is -3.91. The smallest absolute Gasteiger partial charge is 0.264 e. The number of anilines is 2. The van der Waals surface area contributed by atoms with Gasteiger partial charge in [0.2, 0.25) is 0 Å². The summed E-state index contributed by atoms with van der Waals surface area (Å²) >= 11 is 0. The molecule has 0 aliphatic carbocycles. The standard InChI is InChI=1S/C13H12N4O2S/c1-9-4-5-11(10(15)7-9)17-20(18,19)13-3-2-6-16-12(13)8-14/h2-7,17H,15H2,1H3. The predicted molar refractivity (Wildman–Crippen MR) is 75.4 cm³/mol. The van der Waals surface area contributed by atoms with Gasteiger partial charge < -0.3 is 5.73 Å². The summed E-state index contributed by atoms with van der Waals surface area (Å²) < 4.78 is 26.9. The van der Waals surface area contributed by atoms with E-state index >= 15 is 0 Å². The van der Waals surface area contributed by atoms with E-state index in [2.05, 4.69) is 9.71 Å². The van der Waals surface area contributed by atoms with Crippen molar-refractivity contribution in [3.05, 3.63) is 47.8 Å². The number of nitrogens with two attached hydrogens (primary N) is 1. The molecule has 0 fully saturated rings. The van der Waals surface area contributed by atoms with Gasteiger partial charge in [-0.2, -0.15) is 5.26 Å². The molecule has 2 rings (SSSR count). The summed E-state index contributed by atoms with van der Waals surface area (Å²) in [5, 5.41) is 8.91. The van der Waals surface area contributed by atoms with Gasteiger partial charge in [-0.3, -0.25) is 4.72 Å². The van der Waals surface area contributed by atoms with Crippen LogP contribution in [0.5, 0.6) is 0 Å². The Hall–Kier alpha value is -2.59. The van der Waals surface area contributed by atoms with Crippen LogP contribution in [0, 0.1) is 18.3 Å². The zero-order valence-electron chi connectivity index (χ0n) is 10.7. The van der Waals surface area contributed by atoms with Crippen LogP contribution < -0.4 is 10.5 Å². The van der Waals surface area contributed by atoms with E-state index in [1.54, 1.807) is 24.3 Å². The number of nitrogen functional groups attached to an aromatic ring is 1. The summed E-state index contributed by atoms with van der Waals surface area (Å²) in [6, 6.07) is 9.49. The molecule has 0 saturated carbocycles. The molecule has 3 N–H and O–H groups in total. The fourth-order valence-electron chi connectivity index (χ4n) is 1.67. The van der Waals surface area contributed by atoms with E-state index < -0.39 is 10.0 Å². The molecule has 1 heterocycles. The van der Waals surface area contributed by atoms with Crippen LogP contribution in [0.1, 0.15) is 11.3 Å². The number of benzene rings is 1. The molecule has 20 heavy (non-hydrogen) atoms. The topological polar surface area (TPSA) is 109 Å². The molecule has 0 saturated heterocycles. The minimum absolute atomic E-state index is 0.161. The first-order valence-electron chi connectivity index (χ1n) is 5.68. The van der Waals surface area contributed by atoms with E-state index in [-0.39, 0.29) is 16.3 Å². The average molecular weight is 288 g/mol. The van der Waals surface area contributed by atoms with Gasteiger partial charge >= 0.3 is 0 Å². The number of sulfonamides is 1. The summed E-state index contributed by atoms with van der Waals surface area (Å²) in [6.07, 6.45) is 1.36. The number of aryl methyl sites for hydroxylation is 1. The van der Waals surface area contributed by atoms with Crippen LogP contribution >= 0.6 is 0 Å². The highest BCUT2D eigenvalue weighted by molar-refractivity contribution is 7.92. The van der Waals surface area contributed by atoms with Crippen LogP contribution in [0.4, 0.5) is 11.4 Å². The number of pyridine rings is 1. The molecular weight excluding hydrogens is 276 g/mol. The minimum atomic E-state index is -3.91. The maximum absolute atomic E-state index is 12.3. The SMILES string of the molecule is Cc1ccc(NS(=O)(=O)c2cccnc2C#N)c(N)c1. The third kappa shape index (κ3) is 2.70. The van der Waals surface area contributed by atoms with E-state index in [0.717, 1.165) is 5.56 Å². The Morgan fingerprint density at radius 3 is 2.75 bits per heavy atom. The molecule has 6 nitrogen and oxygen atoms in total. The minimum Gasteiger partial charge on any atom is -0.397 e. The van der Waals surface area contributed by atoms with Crippen molar-refractivity contribution in [3.63, 3.8) is 0 Å². The molecule has 102 valence electrons. The Bertz CT molecular complexity index is 794. The maximum Gasteiger partial charge on any atom is 0.264 e. The van der Waals surface area contributed by atoms with Crippen molar-refractivity contribution in [2.24, 2.45) is 0 Å². The monoisotopic (exact) mass is 288 g/mol. The second kappa shape index (κ2) is 5.19. The molecule has 0 unspecified atom stereocenters. The molecule has 1 aromatic carbocycles. The number of rotatable bonds is 3. The molecule has 2 aromatic rings. The summed E-state index contributed by atoms with van der Waals surface area (Å²) in [5.41, 5.74) is 7.11. The Labute approximate surface area is 116 Å². The van der Waals surface area contributed by atoms with Crippen molar-refractivity contribution in [2.45, 2.75) is 11.8 Å². The first kappa shape index (κ1) is 13.8. The number of hydrogen-bond acceptors (Lipinski definition) is 5. The quantitative estimate of drug-likeness (QED) is 0.834. The fraction of sp³-hybridized carbons (Fsp3) is 0.0769. The van der Waals surface area contributed by atoms with Crippen molar-refractivity contribution >= 4 is 21.4 Å². The van der Waals surface area contributed by atoms with Crippen LogP contribution in [0.25, 0.3) is 0 Å². The summed E-state index contributed by atoms with van der Waals surface area (Å²) in [6.45, 7) is 1.85. The highest BCUT2D eigenvalue weighted by atomic mass is 32.2. The lowest BCUT2D eigenvalue weighted by molar-refractivity contribution is 0.600. The van der Waals surface area contributed by atoms with E-state index in [1.165, 1.54) is 18.3 Å². The van der Waals surface area contributed by atoms with Crippen molar-refractivity contribution in [3.8, 4) is 6.07 Å². The second-order valence-corrected chi connectivity index (χ2v) is 5.81. The summed E-state index contributed by atoms with van der Waals surface area (Å²) in [5.74, 6) is 0. The second-order valence-electron chi connectivity index (χ2n) is 4.16. The van der Waals surface area contributed by atoms with Gasteiger partial charge in [0.05, 0.1) is 11.4 Å². The van der Waals surface area contributed by atoms with Crippen molar-refractivity contribution in [1.29, 1.82) is 5.26 Å². The van der Waals surface area contributed by atoms with Crippen LogP contribution in [-0.2, 0) is 10.0 Å². The van der Waals surface area contributed by atoms with Gasteiger partial charge in [-0.05, 0) is 36.8 Å². The van der Waals surface area contributed by atoms with Crippen LogP contribution in [-0.4, -0.2) is 13.4 Å². The predicted octanol–water partition coefficient (Wildman–Crippen LogP) is 1.64. The zero-order valence-corrected chi connectivity index (χ0v) is 11.5. The van der Waals surface area contributed by atoms with Gasteiger partial charge in [-0.15, -0.1) is 0 Å². The molecular formula is C13H12N4O2S. The average Bonchev–Trinajstić information content (AvgIpc) is 2.42. The van der Waals surface area contributed by atoms with Crippen molar-refractivity contribution < 1.29 is 8.42 Å². The van der Waals surface area contributed by atoms with Gasteiger partial charge in [-0.1, -0.05) is 6.07 Å². The fourth-order valence-corrected chi connectivity index (χ4v) is 2.86. The van der Waals surface area contributed by atoms with E-state index in [0.29, 0.717) is 5.69 Å². The highest BCUT2D eigenvalue weighted by Crippen LogP contribution is 2.23. The van der Waals surface area contributed by atoms with Gasteiger partial charge in [0.15, 0.2) is 5.69 Å². The number of nitrogens with one attached hydrogen (secondary N) is 1. The van der Waals surface area contributed by atoms with E-state index in [9.17, 15) is 8.42 Å². The highest BCUT2D eigenvalue weighted by Gasteiger charge is 2.20. The normalized spacial score (nSPS) is 10.8. The van der Waals surface area contributed by atoms with Gasteiger partial charge in [0.1, 0.15) is 11.0 Å². The zero-order chi connectivity index (χ0) is 14.8. The summed E-state index contributed by atoms with van der Waals surface area (Å²) in [4.78, 5) is 3.55. The first-order chi connectivity index (χ1) is 9.44. The number of nitrogens with zero attached hydrogens (tertiary/aromatic N) is 2. The van der Waals surface area contributed by atoms with E-state index in [4.69, 9.17) is 11.0 Å². The Morgan fingerprint density at radius 2 is 2.10 bits per heavy atom. The van der Waals surface area contributed by atoms with Crippen LogP contribution in [0.3, 0.4) is 0 Å². The molecule has 0 radical (unpaired) electrons. The Kier molecular flexibility index (Phi) is 3.59. The van der Waals surface area contributed by atoms with Crippen molar-refractivity contribution in [2.75, 3.05) is 10.5 Å². The van der Waals surface area contributed by atoms with Gasteiger partial charge in [0.25, 0.3) is 10.0 Å². The lowest BCUT2D eigenvalue weighted by Crippen LogP contribution is -2.16. The third-order valence-corrected chi connectivity index (χ3v) is 4.01. The van der Waals surface area contributed by atoms with Crippen molar-refractivity contribution in [1.82, 2.24) is 4.98 Å². The lowest BCUT2D eigenvalue weighted by atomic mass is 10.2. The first-order valence-corrected chi connectivity index (χ1v) is 7.16.